The van der Waals surface area contributed by atoms with Gasteiger partial charge >= 0.3 is 12.1 Å². The minimum atomic E-state index is -1.17. The number of halogens is 1. The zero-order valence-corrected chi connectivity index (χ0v) is 21.3. The number of aromatic nitrogens is 1. The third-order valence-corrected chi connectivity index (χ3v) is 7.32. The second-order valence-electron chi connectivity index (χ2n) is 9.64. The van der Waals surface area contributed by atoms with E-state index in [-0.39, 0.29) is 24.8 Å². The van der Waals surface area contributed by atoms with E-state index in [2.05, 4.69) is 17.4 Å². The minimum Gasteiger partial charge on any atom is -0.480 e. The predicted octanol–water partition coefficient (Wildman–Crippen LogP) is 5.83. The molecule has 0 aliphatic heterocycles. The lowest BCUT2D eigenvalue weighted by molar-refractivity contribution is -0.139. The molecule has 0 saturated carbocycles. The first-order chi connectivity index (χ1) is 18.3. The lowest BCUT2D eigenvalue weighted by Crippen LogP contribution is -2.43. The molecule has 0 fully saturated rings. The third kappa shape index (κ3) is 4.92. The monoisotopic (exact) mass is 512 g/mol. The van der Waals surface area contributed by atoms with Gasteiger partial charge in [0.25, 0.3) is 0 Å². The van der Waals surface area contributed by atoms with Gasteiger partial charge in [-0.05, 0) is 53.8 Å². The lowest BCUT2D eigenvalue weighted by atomic mass is 9.98. The van der Waals surface area contributed by atoms with E-state index in [0.29, 0.717) is 12.1 Å². The fourth-order valence-corrected chi connectivity index (χ4v) is 5.32. The number of hydrogen-bond donors (Lipinski definition) is 2. The molecule has 1 amide bonds. The predicted molar refractivity (Wildman–Crippen MR) is 143 cm³/mol. The first-order valence-electron chi connectivity index (χ1n) is 12.6. The Morgan fingerprint density at radius 3 is 2.18 bits per heavy atom. The molecular formula is C31H29FN2O4. The number of nitrogens with one attached hydrogen (secondary N) is 1. The van der Waals surface area contributed by atoms with E-state index in [1.54, 1.807) is 18.2 Å². The fraction of sp³-hybridized carbons (Fsp3) is 0.226. The Hall–Kier alpha value is -4.39. The van der Waals surface area contributed by atoms with Gasteiger partial charge in [0.2, 0.25) is 0 Å². The molecule has 1 aromatic heterocycles. The summed E-state index contributed by atoms with van der Waals surface area (Å²) in [5.74, 6) is -1.56. The number of nitrogens with zero attached hydrogens (tertiary/aromatic N) is 1. The van der Waals surface area contributed by atoms with Crippen molar-refractivity contribution in [3.8, 4) is 11.1 Å². The van der Waals surface area contributed by atoms with Crippen LogP contribution in [0.25, 0.3) is 11.1 Å². The van der Waals surface area contributed by atoms with Crippen molar-refractivity contribution in [2.24, 2.45) is 0 Å². The maximum absolute atomic E-state index is 14.2. The van der Waals surface area contributed by atoms with Crippen LogP contribution in [-0.4, -0.2) is 34.4 Å². The van der Waals surface area contributed by atoms with Crippen LogP contribution in [0.4, 0.5) is 9.18 Å². The van der Waals surface area contributed by atoms with Crippen molar-refractivity contribution in [3.63, 3.8) is 0 Å². The number of alkyl carbamates (subject to hydrolysis) is 1. The molecule has 2 N–H and O–H groups in total. The number of amides is 1. The summed E-state index contributed by atoms with van der Waals surface area (Å²) in [6.07, 6.45) is -0.698. The van der Waals surface area contributed by atoms with Crippen molar-refractivity contribution >= 4 is 12.1 Å². The number of carbonyl (C=O) groups excluding carboxylic acids is 1. The van der Waals surface area contributed by atoms with Gasteiger partial charge in [-0.2, -0.15) is 0 Å². The summed E-state index contributed by atoms with van der Waals surface area (Å²) in [4.78, 5) is 24.8. The normalized spacial score (nSPS) is 13.0. The molecule has 0 saturated heterocycles. The standard InChI is InChI=1S/C31H29FN2O4/c1-19-15-22(20(2)34(19)17-21-9-3-8-14-28(21)32)16-29(30(35)36)33-31(37)38-18-27-25-12-6-4-10-23(25)24-11-5-7-13-26(24)27/h3-15,27,29H,16-18H2,1-2H3,(H,33,37)(H,35,36). The Labute approximate surface area is 220 Å². The summed E-state index contributed by atoms with van der Waals surface area (Å²) < 4.78 is 21.7. The average molecular weight is 513 g/mol. The second-order valence-corrected chi connectivity index (χ2v) is 9.64. The van der Waals surface area contributed by atoms with Crippen molar-refractivity contribution in [3.05, 3.63) is 118 Å². The highest BCUT2D eigenvalue weighted by molar-refractivity contribution is 5.81. The summed E-state index contributed by atoms with van der Waals surface area (Å²) in [6, 6.07) is 23.3. The zero-order valence-electron chi connectivity index (χ0n) is 21.3. The van der Waals surface area contributed by atoms with E-state index in [9.17, 15) is 19.1 Å². The first kappa shape index (κ1) is 25.3. The van der Waals surface area contributed by atoms with Crippen molar-refractivity contribution in [1.29, 1.82) is 0 Å². The van der Waals surface area contributed by atoms with E-state index in [1.165, 1.54) is 6.07 Å². The minimum absolute atomic E-state index is 0.0798. The Balaban J connectivity index is 1.26. The summed E-state index contributed by atoms with van der Waals surface area (Å²) in [6.45, 7) is 4.20. The molecule has 1 aliphatic carbocycles. The molecule has 0 radical (unpaired) electrons. The summed E-state index contributed by atoms with van der Waals surface area (Å²) in [7, 11) is 0. The smallest absolute Gasteiger partial charge is 0.407 e. The quantitative estimate of drug-likeness (QED) is 0.311. The Morgan fingerprint density at radius 1 is 0.947 bits per heavy atom. The number of carboxylic acids is 1. The summed E-state index contributed by atoms with van der Waals surface area (Å²) in [5.41, 5.74) is 7.42. The number of carboxylic acid groups (broad SMARTS) is 1. The van der Waals surface area contributed by atoms with Crippen LogP contribution in [0.3, 0.4) is 0 Å². The van der Waals surface area contributed by atoms with Crippen LogP contribution in [0.1, 0.15) is 39.6 Å². The molecule has 0 spiro atoms. The van der Waals surface area contributed by atoms with E-state index in [0.717, 1.165) is 39.2 Å². The number of ether oxygens (including phenoxy) is 1. The fourth-order valence-electron chi connectivity index (χ4n) is 5.32. The van der Waals surface area contributed by atoms with Crippen LogP contribution in [0, 0.1) is 19.7 Å². The van der Waals surface area contributed by atoms with Gasteiger partial charge < -0.3 is 19.7 Å². The van der Waals surface area contributed by atoms with Gasteiger partial charge in [-0.3, -0.25) is 0 Å². The van der Waals surface area contributed by atoms with Gasteiger partial charge in [-0.25, -0.2) is 14.0 Å². The van der Waals surface area contributed by atoms with Crippen LogP contribution in [0.15, 0.2) is 78.9 Å². The van der Waals surface area contributed by atoms with Gasteiger partial charge in [0, 0.05) is 29.3 Å². The van der Waals surface area contributed by atoms with Gasteiger partial charge in [0.05, 0.1) is 6.54 Å². The van der Waals surface area contributed by atoms with Crippen molar-refractivity contribution < 1.29 is 23.8 Å². The summed E-state index contributed by atoms with van der Waals surface area (Å²) >= 11 is 0. The zero-order chi connectivity index (χ0) is 26.8. The molecule has 3 aromatic carbocycles. The molecule has 1 unspecified atom stereocenters. The Morgan fingerprint density at radius 2 is 1.55 bits per heavy atom. The van der Waals surface area contributed by atoms with Crippen molar-refractivity contribution in [2.45, 2.75) is 38.8 Å². The van der Waals surface area contributed by atoms with Crippen LogP contribution < -0.4 is 5.32 Å². The topological polar surface area (TPSA) is 80.6 Å². The number of fused-ring (bicyclic) bond motifs is 3. The van der Waals surface area contributed by atoms with Gasteiger partial charge in [0.15, 0.2) is 0 Å². The van der Waals surface area contributed by atoms with Crippen LogP contribution in [0.2, 0.25) is 0 Å². The maximum atomic E-state index is 14.2. The van der Waals surface area contributed by atoms with Crippen LogP contribution in [0.5, 0.6) is 0 Å². The maximum Gasteiger partial charge on any atom is 0.407 e. The molecule has 1 heterocycles. The molecule has 1 atom stereocenters. The average Bonchev–Trinajstić information content (AvgIpc) is 3.37. The Kier molecular flexibility index (Phi) is 7.01. The summed E-state index contributed by atoms with van der Waals surface area (Å²) in [5, 5.41) is 12.4. The molecule has 4 aromatic rings. The molecule has 6 nitrogen and oxygen atoms in total. The van der Waals surface area contributed by atoms with Crippen molar-refractivity contribution in [2.75, 3.05) is 6.61 Å². The number of aliphatic carboxylic acids is 1. The largest absolute Gasteiger partial charge is 0.480 e. The SMILES string of the molecule is Cc1cc(CC(NC(=O)OCC2c3ccccc3-c3ccccc32)C(=O)O)c(C)n1Cc1ccccc1F. The first-order valence-corrected chi connectivity index (χ1v) is 12.6. The van der Waals surface area contributed by atoms with E-state index in [4.69, 9.17) is 4.74 Å². The number of hydrogen-bond acceptors (Lipinski definition) is 3. The molecule has 38 heavy (non-hydrogen) atoms. The van der Waals surface area contributed by atoms with Crippen LogP contribution in [-0.2, 0) is 22.5 Å². The van der Waals surface area contributed by atoms with Gasteiger partial charge in [-0.1, -0.05) is 66.7 Å². The number of carbonyl (C=O) groups is 2. The molecule has 0 bridgehead atoms. The van der Waals surface area contributed by atoms with Gasteiger partial charge in [0.1, 0.15) is 18.5 Å². The molecule has 5 rings (SSSR count). The highest BCUT2D eigenvalue weighted by atomic mass is 19.1. The van der Waals surface area contributed by atoms with E-state index < -0.39 is 18.1 Å². The van der Waals surface area contributed by atoms with Crippen LogP contribution >= 0.6 is 0 Å². The second kappa shape index (κ2) is 10.5. The number of aryl methyl sites for hydroxylation is 1. The molecule has 194 valence electrons. The van der Waals surface area contributed by atoms with E-state index >= 15 is 0 Å². The van der Waals surface area contributed by atoms with Crippen molar-refractivity contribution in [1.82, 2.24) is 9.88 Å². The molecular weight excluding hydrogens is 483 g/mol. The Bertz CT molecular complexity index is 1460. The number of benzene rings is 3. The highest BCUT2D eigenvalue weighted by Crippen LogP contribution is 2.44. The highest BCUT2D eigenvalue weighted by Gasteiger charge is 2.30. The van der Waals surface area contributed by atoms with E-state index in [1.807, 2.05) is 60.9 Å². The molecule has 7 heteroatoms. The number of rotatable bonds is 8. The van der Waals surface area contributed by atoms with Gasteiger partial charge in [-0.15, -0.1) is 0 Å². The lowest BCUT2D eigenvalue weighted by Gasteiger charge is -2.18. The third-order valence-electron chi connectivity index (χ3n) is 7.32. The molecule has 1 aliphatic rings.